The Labute approximate surface area is 172 Å². The number of hydrogen-bond donors (Lipinski definition) is 2. The summed E-state index contributed by atoms with van der Waals surface area (Å²) in [6.07, 6.45) is 3.58. The van der Waals surface area contributed by atoms with E-state index >= 15 is 0 Å². The molecule has 6 nitrogen and oxygen atoms in total. The van der Waals surface area contributed by atoms with E-state index in [1.165, 1.54) is 4.31 Å². The molecule has 1 saturated carbocycles. The van der Waals surface area contributed by atoms with Crippen molar-refractivity contribution in [3.63, 3.8) is 0 Å². The topological polar surface area (TPSA) is 101 Å². The lowest BCUT2D eigenvalue weighted by atomic mass is 9.74. The van der Waals surface area contributed by atoms with Crippen LogP contribution in [0.3, 0.4) is 0 Å². The maximum Gasteiger partial charge on any atom is 0.310 e. The Morgan fingerprint density at radius 1 is 0.966 bits per heavy atom. The Morgan fingerprint density at radius 2 is 1.59 bits per heavy atom. The van der Waals surface area contributed by atoms with Gasteiger partial charge in [-0.2, -0.15) is 4.31 Å². The lowest BCUT2D eigenvalue weighted by Gasteiger charge is -2.37. The molecule has 0 atom stereocenters. The summed E-state index contributed by atoms with van der Waals surface area (Å²) in [4.78, 5) is 12.3. The van der Waals surface area contributed by atoms with Gasteiger partial charge < -0.3 is 10.8 Å². The molecule has 7 heteroatoms. The summed E-state index contributed by atoms with van der Waals surface area (Å²) in [5.74, 6) is -0.913. The number of sulfonamides is 1. The molecule has 0 spiro atoms. The molecule has 0 amide bonds. The molecule has 156 valence electrons. The smallest absolute Gasteiger partial charge is 0.310 e. The van der Waals surface area contributed by atoms with E-state index in [0.717, 1.165) is 30.4 Å². The van der Waals surface area contributed by atoms with Crippen molar-refractivity contribution in [2.24, 2.45) is 11.1 Å². The van der Waals surface area contributed by atoms with Crippen LogP contribution in [0.1, 0.15) is 43.2 Å². The molecule has 0 aromatic heterocycles. The molecule has 0 saturated heterocycles. The number of aliphatic carboxylic acids is 1. The van der Waals surface area contributed by atoms with Gasteiger partial charge in [-0.3, -0.25) is 4.79 Å². The molecule has 0 radical (unpaired) electrons. The minimum atomic E-state index is -3.87. The highest BCUT2D eigenvalue weighted by molar-refractivity contribution is 7.89. The van der Waals surface area contributed by atoms with E-state index in [1.807, 2.05) is 30.3 Å². The number of nitrogens with two attached hydrogens (primary N) is 1. The molecule has 3 rings (SSSR count). The zero-order chi connectivity index (χ0) is 20.9. The number of nitrogens with zero attached hydrogens (tertiary/aromatic N) is 1. The Morgan fingerprint density at radius 3 is 2.14 bits per heavy atom. The molecule has 0 unspecified atom stereocenters. The third-order valence-electron chi connectivity index (χ3n) is 5.74. The van der Waals surface area contributed by atoms with E-state index in [1.54, 1.807) is 24.3 Å². The van der Waals surface area contributed by atoms with Gasteiger partial charge in [-0.15, -0.1) is 0 Å². The second kappa shape index (κ2) is 9.07. The molecule has 1 aliphatic carbocycles. The third kappa shape index (κ3) is 4.86. The van der Waals surface area contributed by atoms with E-state index in [0.29, 0.717) is 19.4 Å². The molecule has 1 aliphatic rings. The monoisotopic (exact) mass is 416 g/mol. The fourth-order valence-corrected chi connectivity index (χ4v) is 5.48. The van der Waals surface area contributed by atoms with Crippen LogP contribution in [0.4, 0.5) is 0 Å². The highest BCUT2D eigenvalue weighted by Crippen LogP contribution is 2.39. The van der Waals surface area contributed by atoms with E-state index in [2.05, 4.69) is 0 Å². The number of hydrogen-bond acceptors (Lipinski definition) is 4. The lowest BCUT2D eigenvalue weighted by Crippen LogP contribution is -2.46. The van der Waals surface area contributed by atoms with Crippen molar-refractivity contribution in [1.82, 2.24) is 4.31 Å². The van der Waals surface area contributed by atoms with Crippen molar-refractivity contribution in [1.29, 1.82) is 0 Å². The standard InChI is InChI=1S/C22H28N2O4S/c23-15-18-9-11-20(12-10-18)29(27,28)24(16-19-7-3-1-4-8-19)17-22(21(25)26)13-5-2-6-14-22/h1,3-4,7-12H,2,5-6,13-17,23H2,(H,25,26). The summed E-state index contributed by atoms with van der Waals surface area (Å²) in [6.45, 7) is 0.436. The quantitative estimate of drug-likeness (QED) is 0.687. The van der Waals surface area contributed by atoms with Crippen LogP contribution in [0.15, 0.2) is 59.5 Å². The van der Waals surface area contributed by atoms with E-state index < -0.39 is 21.4 Å². The van der Waals surface area contributed by atoms with Gasteiger partial charge in [0, 0.05) is 19.6 Å². The van der Waals surface area contributed by atoms with Gasteiger partial charge in [0.25, 0.3) is 0 Å². The first-order chi connectivity index (χ1) is 13.9. The van der Waals surface area contributed by atoms with Crippen molar-refractivity contribution in [2.75, 3.05) is 6.54 Å². The first-order valence-electron chi connectivity index (χ1n) is 9.94. The number of rotatable bonds is 8. The molecule has 1 fully saturated rings. The van der Waals surface area contributed by atoms with Crippen LogP contribution in [-0.4, -0.2) is 30.3 Å². The molecular formula is C22H28N2O4S. The average molecular weight is 417 g/mol. The summed E-state index contributed by atoms with van der Waals surface area (Å²) < 4.78 is 28.3. The molecule has 2 aromatic rings. The second-order valence-electron chi connectivity index (χ2n) is 7.75. The summed E-state index contributed by atoms with van der Waals surface area (Å²) >= 11 is 0. The SMILES string of the molecule is NCc1ccc(S(=O)(=O)N(Cc2ccccc2)CC2(C(=O)O)CCCCC2)cc1. The van der Waals surface area contributed by atoms with Crippen LogP contribution in [0, 0.1) is 5.41 Å². The van der Waals surface area contributed by atoms with Crippen molar-refractivity contribution < 1.29 is 18.3 Å². The molecule has 0 bridgehead atoms. The lowest BCUT2D eigenvalue weighted by molar-refractivity contribution is -0.151. The molecule has 29 heavy (non-hydrogen) atoms. The highest BCUT2D eigenvalue weighted by atomic mass is 32.2. The summed E-state index contributed by atoms with van der Waals surface area (Å²) in [6, 6.07) is 15.8. The van der Waals surface area contributed by atoms with Crippen LogP contribution in [-0.2, 0) is 27.9 Å². The highest BCUT2D eigenvalue weighted by Gasteiger charge is 2.43. The first kappa shape index (κ1) is 21.5. The van der Waals surface area contributed by atoms with Crippen LogP contribution in [0.2, 0.25) is 0 Å². The number of carboxylic acid groups (broad SMARTS) is 1. The van der Waals surface area contributed by atoms with Crippen molar-refractivity contribution in [3.05, 3.63) is 65.7 Å². The average Bonchev–Trinajstić information content (AvgIpc) is 2.74. The van der Waals surface area contributed by atoms with Crippen LogP contribution in [0.5, 0.6) is 0 Å². The third-order valence-corrected chi connectivity index (χ3v) is 7.55. The van der Waals surface area contributed by atoms with Gasteiger partial charge in [0.2, 0.25) is 10.0 Å². The maximum absolute atomic E-state index is 13.5. The Hall–Kier alpha value is -2.22. The zero-order valence-corrected chi connectivity index (χ0v) is 17.3. The first-order valence-corrected chi connectivity index (χ1v) is 11.4. The Kier molecular flexibility index (Phi) is 6.72. The van der Waals surface area contributed by atoms with Crippen LogP contribution >= 0.6 is 0 Å². The molecular weight excluding hydrogens is 388 g/mol. The van der Waals surface area contributed by atoms with Crippen LogP contribution < -0.4 is 5.73 Å². The van der Waals surface area contributed by atoms with Crippen LogP contribution in [0.25, 0.3) is 0 Å². The molecule has 0 heterocycles. The van der Waals surface area contributed by atoms with Gasteiger partial charge in [-0.1, -0.05) is 61.7 Å². The van der Waals surface area contributed by atoms with Gasteiger partial charge in [0.05, 0.1) is 10.3 Å². The van der Waals surface area contributed by atoms with Crippen molar-refractivity contribution in [3.8, 4) is 0 Å². The fourth-order valence-electron chi connectivity index (χ4n) is 3.97. The van der Waals surface area contributed by atoms with Gasteiger partial charge in [-0.25, -0.2) is 8.42 Å². The van der Waals surface area contributed by atoms with Gasteiger partial charge in [0.15, 0.2) is 0 Å². The normalized spacial score (nSPS) is 16.6. The predicted octanol–water partition coefficient (Wildman–Crippen LogP) is 3.37. The predicted molar refractivity (Wildman–Crippen MR) is 112 cm³/mol. The molecule has 3 N–H and O–H groups in total. The summed E-state index contributed by atoms with van der Waals surface area (Å²) in [5, 5.41) is 9.97. The molecule has 2 aromatic carbocycles. The number of carbonyl (C=O) groups is 1. The minimum absolute atomic E-state index is 0.0296. The number of benzene rings is 2. The zero-order valence-electron chi connectivity index (χ0n) is 16.5. The fraction of sp³-hybridized carbons (Fsp3) is 0.409. The van der Waals surface area contributed by atoms with Gasteiger partial charge >= 0.3 is 5.97 Å². The van der Waals surface area contributed by atoms with E-state index in [9.17, 15) is 18.3 Å². The number of carboxylic acids is 1. The summed E-state index contributed by atoms with van der Waals surface area (Å²) in [5.41, 5.74) is 6.24. The van der Waals surface area contributed by atoms with E-state index in [4.69, 9.17) is 5.73 Å². The van der Waals surface area contributed by atoms with Gasteiger partial charge in [0.1, 0.15) is 0 Å². The Balaban J connectivity index is 1.98. The summed E-state index contributed by atoms with van der Waals surface area (Å²) in [7, 11) is -3.87. The van der Waals surface area contributed by atoms with E-state index in [-0.39, 0.29) is 18.0 Å². The second-order valence-corrected chi connectivity index (χ2v) is 9.69. The maximum atomic E-state index is 13.5. The van der Waals surface area contributed by atoms with Crippen molar-refractivity contribution in [2.45, 2.75) is 50.1 Å². The Bertz CT molecular complexity index is 921. The largest absolute Gasteiger partial charge is 0.481 e. The molecule has 0 aliphatic heterocycles. The minimum Gasteiger partial charge on any atom is -0.481 e. The van der Waals surface area contributed by atoms with Crippen molar-refractivity contribution >= 4 is 16.0 Å². The van der Waals surface area contributed by atoms with Gasteiger partial charge in [-0.05, 0) is 36.1 Å².